The standard InChI is InChI=1S/C32H41F3N2O3/c1-18-20-7-8-29(5)23(28(20,4)14-19(17-36)26(18)40)13-22(38)25-21-15-27(2,3)9-11-31(21,12-10-30(25,29)6)37-24(39)16-32(33,34)35/h13-14,18,20-21,25H,7-12,15-16H2,1-6H3,(H,37,39)/t18-,20-,21?,25?,28-,29+,30+,31-/m0/s1. The quantitative estimate of drug-likeness (QED) is 0.412. The number of halogens is 3. The number of Topliss-reactive ketones (excluding diaryl/α,β-unsaturated/α-hetero) is 1. The zero-order valence-electron chi connectivity index (χ0n) is 24.4. The number of allylic oxidation sites excluding steroid dienone is 4. The maximum Gasteiger partial charge on any atom is 0.397 e. The van der Waals surface area contributed by atoms with Gasteiger partial charge in [-0.25, -0.2) is 0 Å². The maximum absolute atomic E-state index is 14.3. The van der Waals surface area contributed by atoms with Crippen molar-refractivity contribution in [3.63, 3.8) is 0 Å². The fraction of sp³-hybridized carbons (Fsp3) is 0.750. The lowest BCUT2D eigenvalue weighted by atomic mass is 9.36. The number of carbonyl (C=O) groups is 3. The second kappa shape index (κ2) is 8.79. The van der Waals surface area contributed by atoms with Crippen LogP contribution in [0.1, 0.15) is 92.9 Å². The predicted octanol–water partition coefficient (Wildman–Crippen LogP) is 6.64. The van der Waals surface area contributed by atoms with E-state index in [1.54, 1.807) is 12.2 Å². The molecule has 0 aliphatic heterocycles. The fourth-order valence-corrected chi connectivity index (χ4v) is 9.98. The highest BCUT2D eigenvalue weighted by molar-refractivity contribution is 6.02. The Kier molecular flexibility index (Phi) is 6.39. The normalized spacial score (nSPS) is 44.1. The van der Waals surface area contributed by atoms with E-state index in [4.69, 9.17) is 0 Å². The Hall–Kier alpha value is -2.43. The van der Waals surface area contributed by atoms with Crippen molar-refractivity contribution in [2.75, 3.05) is 0 Å². The van der Waals surface area contributed by atoms with E-state index in [-0.39, 0.29) is 40.3 Å². The molecule has 3 saturated carbocycles. The number of rotatable bonds is 2. The minimum absolute atomic E-state index is 0.0117. The Balaban J connectivity index is 1.62. The van der Waals surface area contributed by atoms with Crippen LogP contribution in [-0.2, 0) is 14.4 Å². The summed E-state index contributed by atoms with van der Waals surface area (Å²) in [5.41, 5.74) is -1.33. The molecule has 8 heteroatoms. The van der Waals surface area contributed by atoms with Gasteiger partial charge in [0.2, 0.25) is 5.91 Å². The molecule has 5 aliphatic carbocycles. The molecule has 2 unspecified atom stereocenters. The van der Waals surface area contributed by atoms with Gasteiger partial charge in [-0.2, -0.15) is 18.4 Å². The summed E-state index contributed by atoms with van der Waals surface area (Å²) in [5.74, 6) is -2.25. The zero-order chi connectivity index (χ0) is 29.7. The summed E-state index contributed by atoms with van der Waals surface area (Å²) < 4.78 is 39.4. The smallest absolute Gasteiger partial charge is 0.350 e. The zero-order valence-corrected chi connectivity index (χ0v) is 24.4. The van der Waals surface area contributed by atoms with E-state index < -0.39 is 46.2 Å². The van der Waals surface area contributed by atoms with Gasteiger partial charge in [0.25, 0.3) is 0 Å². The lowest BCUT2D eigenvalue weighted by molar-refractivity contribution is -0.169. The number of hydrogen-bond donors (Lipinski definition) is 1. The first kappa shape index (κ1) is 29.1. The molecule has 5 rings (SSSR count). The lowest BCUT2D eigenvalue weighted by Gasteiger charge is -2.68. The van der Waals surface area contributed by atoms with E-state index in [1.807, 2.05) is 6.92 Å². The number of nitrogens with zero attached hydrogens (tertiary/aromatic N) is 1. The van der Waals surface area contributed by atoms with Crippen LogP contribution in [-0.4, -0.2) is 29.2 Å². The van der Waals surface area contributed by atoms with Crippen LogP contribution in [0.25, 0.3) is 0 Å². The van der Waals surface area contributed by atoms with Crippen LogP contribution in [0.3, 0.4) is 0 Å². The lowest BCUT2D eigenvalue weighted by Crippen LogP contribution is -2.69. The Bertz CT molecular complexity index is 1270. The van der Waals surface area contributed by atoms with Crippen molar-refractivity contribution >= 4 is 17.5 Å². The van der Waals surface area contributed by atoms with Crippen LogP contribution in [0.4, 0.5) is 13.2 Å². The van der Waals surface area contributed by atoms with E-state index in [1.165, 1.54) is 0 Å². The summed E-state index contributed by atoms with van der Waals surface area (Å²) in [6, 6.07) is 2.09. The van der Waals surface area contributed by atoms with Gasteiger partial charge in [0.15, 0.2) is 11.6 Å². The first-order chi connectivity index (χ1) is 18.3. The molecule has 5 nitrogen and oxygen atoms in total. The Labute approximate surface area is 235 Å². The van der Waals surface area contributed by atoms with E-state index >= 15 is 0 Å². The monoisotopic (exact) mass is 558 g/mol. The summed E-state index contributed by atoms with van der Waals surface area (Å²) in [6.07, 6.45) is 2.11. The van der Waals surface area contributed by atoms with Gasteiger partial charge in [0, 0.05) is 22.8 Å². The number of amides is 1. The highest BCUT2D eigenvalue weighted by Crippen LogP contribution is 2.72. The molecule has 8 atom stereocenters. The molecule has 0 radical (unpaired) electrons. The van der Waals surface area contributed by atoms with Gasteiger partial charge >= 0.3 is 6.18 Å². The van der Waals surface area contributed by atoms with Gasteiger partial charge in [-0.05, 0) is 79.1 Å². The molecule has 0 saturated heterocycles. The van der Waals surface area contributed by atoms with Gasteiger partial charge in [-0.3, -0.25) is 14.4 Å². The average Bonchev–Trinajstić information content (AvgIpc) is 2.82. The van der Waals surface area contributed by atoms with Crippen LogP contribution in [0, 0.1) is 56.7 Å². The van der Waals surface area contributed by atoms with Gasteiger partial charge in [0.05, 0.1) is 5.57 Å². The summed E-state index contributed by atoms with van der Waals surface area (Å²) in [5, 5.41) is 12.6. The van der Waals surface area contributed by atoms with Crippen molar-refractivity contribution in [3.05, 3.63) is 23.3 Å². The minimum atomic E-state index is -4.60. The summed E-state index contributed by atoms with van der Waals surface area (Å²) in [7, 11) is 0. The molecule has 5 aliphatic rings. The summed E-state index contributed by atoms with van der Waals surface area (Å²) in [4.78, 5) is 39.9. The van der Waals surface area contributed by atoms with E-state index in [2.05, 4.69) is 46.0 Å². The van der Waals surface area contributed by atoms with Crippen LogP contribution in [0.5, 0.6) is 0 Å². The Morgan fingerprint density at radius 3 is 2.33 bits per heavy atom. The first-order valence-corrected chi connectivity index (χ1v) is 14.6. The summed E-state index contributed by atoms with van der Waals surface area (Å²) >= 11 is 0. The van der Waals surface area contributed by atoms with Crippen molar-refractivity contribution in [3.8, 4) is 6.07 Å². The molecule has 0 aromatic carbocycles. The van der Waals surface area contributed by atoms with Gasteiger partial charge in [0.1, 0.15) is 12.5 Å². The molecule has 1 N–H and O–H groups in total. The summed E-state index contributed by atoms with van der Waals surface area (Å²) in [6.45, 7) is 12.6. The van der Waals surface area contributed by atoms with Crippen molar-refractivity contribution in [2.45, 2.75) is 105 Å². The number of hydrogen-bond acceptors (Lipinski definition) is 4. The molecule has 0 spiro atoms. The molecular formula is C32H41F3N2O3. The SMILES string of the molecule is C[C@@H]1C(=O)C(C#N)=C[C@]2(C)C3=CC(=O)C4C5CC(C)(C)CC[C@]5(NC(=O)CC(F)(F)F)CC[C@@]4(C)[C@]3(C)CC[C@@H]12. The van der Waals surface area contributed by atoms with Gasteiger partial charge < -0.3 is 5.32 Å². The van der Waals surface area contributed by atoms with E-state index in [9.17, 15) is 32.8 Å². The van der Waals surface area contributed by atoms with Gasteiger partial charge in [-0.1, -0.05) is 53.2 Å². The first-order valence-electron chi connectivity index (χ1n) is 14.6. The van der Waals surface area contributed by atoms with Crippen molar-refractivity contribution < 1.29 is 27.6 Å². The molecule has 40 heavy (non-hydrogen) atoms. The predicted molar refractivity (Wildman–Crippen MR) is 143 cm³/mol. The van der Waals surface area contributed by atoms with E-state index in [0.717, 1.165) is 24.8 Å². The van der Waals surface area contributed by atoms with Crippen molar-refractivity contribution in [2.24, 2.45) is 45.3 Å². The molecular weight excluding hydrogens is 517 g/mol. The Morgan fingerprint density at radius 2 is 1.70 bits per heavy atom. The maximum atomic E-state index is 14.3. The largest absolute Gasteiger partial charge is 0.397 e. The van der Waals surface area contributed by atoms with Crippen LogP contribution in [0.2, 0.25) is 0 Å². The minimum Gasteiger partial charge on any atom is -0.350 e. The molecule has 3 fully saturated rings. The highest BCUT2D eigenvalue weighted by Gasteiger charge is 2.69. The number of alkyl halides is 3. The van der Waals surface area contributed by atoms with Crippen LogP contribution < -0.4 is 5.32 Å². The molecule has 1 amide bonds. The second-order valence-electron chi connectivity index (χ2n) is 14.9. The average molecular weight is 559 g/mol. The van der Waals surface area contributed by atoms with E-state index in [0.29, 0.717) is 25.7 Å². The third-order valence-electron chi connectivity index (χ3n) is 12.3. The molecule has 218 valence electrons. The second-order valence-corrected chi connectivity index (χ2v) is 14.9. The van der Waals surface area contributed by atoms with Gasteiger partial charge in [-0.15, -0.1) is 0 Å². The molecule has 0 bridgehead atoms. The van der Waals surface area contributed by atoms with Crippen LogP contribution >= 0.6 is 0 Å². The molecule has 0 aromatic rings. The van der Waals surface area contributed by atoms with Crippen molar-refractivity contribution in [1.82, 2.24) is 5.32 Å². The highest BCUT2D eigenvalue weighted by atomic mass is 19.4. The topological polar surface area (TPSA) is 87.0 Å². The Morgan fingerprint density at radius 1 is 1.05 bits per heavy atom. The molecule has 0 aromatic heterocycles. The third kappa shape index (κ3) is 4.04. The van der Waals surface area contributed by atoms with Crippen LogP contribution in [0.15, 0.2) is 23.3 Å². The number of nitrogens with one attached hydrogen (secondary N) is 1. The number of nitriles is 1. The third-order valence-corrected chi connectivity index (χ3v) is 12.3. The van der Waals surface area contributed by atoms with Crippen molar-refractivity contribution in [1.29, 1.82) is 5.26 Å². The fourth-order valence-electron chi connectivity index (χ4n) is 9.98. The molecule has 0 heterocycles. The number of fused-ring (bicyclic) bond motifs is 7. The number of carbonyl (C=O) groups excluding carboxylic acids is 3. The number of ketones is 2.